The molecule has 0 radical (unpaired) electrons. The maximum absolute atomic E-state index is 11.8. The highest BCUT2D eigenvalue weighted by atomic mass is 32.2. The van der Waals surface area contributed by atoms with Gasteiger partial charge >= 0.3 is 0 Å². The molecule has 1 aliphatic heterocycles. The summed E-state index contributed by atoms with van der Waals surface area (Å²) in [5, 5.41) is 0.598. The van der Waals surface area contributed by atoms with Crippen molar-refractivity contribution in [3.05, 3.63) is 30.2 Å². The molecule has 1 saturated heterocycles. The minimum atomic E-state index is 0.0768. The summed E-state index contributed by atoms with van der Waals surface area (Å²) in [5.74, 6) is 0.793. The van der Waals surface area contributed by atoms with E-state index in [0.717, 1.165) is 19.5 Å². The third kappa shape index (κ3) is 2.70. The van der Waals surface area contributed by atoms with Crippen LogP contribution >= 0.6 is 11.8 Å². The third-order valence-corrected chi connectivity index (χ3v) is 3.77. The Kier molecular flexibility index (Phi) is 3.72. The van der Waals surface area contributed by atoms with Gasteiger partial charge in [0.05, 0.1) is 6.26 Å². The van der Waals surface area contributed by atoms with Gasteiger partial charge in [-0.3, -0.25) is 4.79 Å². The average Bonchev–Trinajstić information content (AvgIpc) is 2.96. The van der Waals surface area contributed by atoms with Gasteiger partial charge in [0.1, 0.15) is 5.76 Å². The number of carbonyl (C=O) groups is 1. The molecule has 0 N–H and O–H groups in total. The first-order valence-corrected chi connectivity index (χ1v) is 6.61. The lowest BCUT2D eigenvalue weighted by molar-refractivity contribution is -0.124. The number of carbonyl (C=O) groups excluding carboxylic acids is 1. The molecule has 1 aromatic rings. The normalized spacial score (nSPS) is 20.8. The zero-order chi connectivity index (χ0) is 11.4. The second kappa shape index (κ2) is 5.25. The fraction of sp³-hybridized carbons (Fsp3) is 0.417. The van der Waals surface area contributed by atoms with Gasteiger partial charge in [0.15, 0.2) is 0 Å². The Morgan fingerprint density at radius 1 is 1.69 bits per heavy atom. The van der Waals surface area contributed by atoms with Gasteiger partial charge in [-0.15, -0.1) is 0 Å². The Morgan fingerprint density at radius 3 is 3.19 bits per heavy atom. The topological polar surface area (TPSA) is 33.5 Å². The summed E-state index contributed by atoms with van der Waals surface area (Å²) in [5.41, 5.74) is 0. The average molecular weight is 237 g/mol. The molecule has 0 saturated carbocycles. The number of nitrogens with zero attached hydrogens (tertiary/aromatic N) is 1. The predicted octanol–water partition coefficient (Wildman–Crippen LogP) is 2.26. The van der Waals surface area contributed by atoms with Crippen LogP contribution in [0.4, 0.5) is 0 Å². The summed E-state index contributed by atoms with van der Waals surface area (Å²) < 4.78 is 5.13. The smallest absolute Gasteiger partial charge is 0.246 e. The number of thioether (sulfide) groups is 1. The fourth-order valence-electron chi connectivity index (χ4n) is 1.77. The Balaban J connectivity index is 1.89. The van der Waals surface area contributed by atoms with E-state index >= 15 is 0 Å². The predicted molar refractivity (Wildman–Crippen MR) is 66.2 cm³/mol. The highest BCUT2D eigenvalue weighted by Gasteiger charge is 2.23. The van der Waals surface area contributed by atoms with E-state index in [1.54, 1.807) is 18.4 Å². The summed E-state index contributed by atoms with van der Waals surface area (Å²) in [6.07, 6.45) is 8.10. The molecule has 2 heterocycles. The number of likely N-dealkylation sites (tertiary alicyclic amines) is 1. The van der Waals surface area contributed by atoms with Gasteiger partial charge in [0.2, 0.25) is 5.91 Å². The summed E-state index contributed by atoms with van der Waals surface area (Å²) >= 11 is 1.83. The van der Waals surface area contributed by atoms with Crippen molar-refractivity contribution >= 4 is 23.7 Å². The maximum atomic E-state index is 11.8. The minimum Gasteiger partial charge on any atom is -0.465 e. The Morgan fingerprint density at radius 2 is 2.56 bits per heavy atom. The highest BCUT2D eigenvalue weighted by Crippen LogP contribution is 2.20. The van der Waals surface area contributed by atoms with Gasteiger partial charge in [0.25, 0.3) is 0 Å². The van der Waals surface area contributed by atoms with E-state index in [1.807, 2.05) is 28.8 Å². The van der Waals surface area contributed by atoms with Crippen molar-refractivity contribution in [2.24, 2.45) is 0 Å². The van der Waals surface area contributed by atoms with Crippen molar-refractivity contribution < 1.29 is 9.21 Å². The van der Waals surface area contributed by atoms with Crippen LogP contribution in [0.2, 0.25) is 0 Å². The molecule has 16 heavy (non-hydrogen) atoms. The monoisotopic (exact) mass is 237 g/mol. The Labute approximate surface area is 99.5 Å². The molecule has 0 aromatic carbocycles. The molecule has 0 spiro atoms. The molecule has 1 aromatic heterocycles. The van der Waals surface area contributed by atoms with Crippen LogP contribution in [0.5, 0.6) is 0 Å². The van der Waals surface area contributed by atoms with Gasteiger partial charge in [-0.2, -0.15) is 11.8 Å². The van der Waals surface area contributed by atoms with Crippen molar-refractivity contribution in [1.82, 2.24) is 4.90 Å². The lowest BCUT2D eigenvalue weighted by atomic mass is 10.3. The molecule has 2 rings (SSSR count). The summed E-state index contributed by atoms with van der Waals surface area (Å²) in [4.78, 5) is 13.7. The molecule has 1 aliphatic rings. The van der Waals surface area contributed by atoms with Crippen LogP contribution in [0.3, 0.4) is 0 Å². The van der Waals surface area contributed by atoms with E-state index in [-0.39, 0.29) is 5.91 Å². The van der Waals surface area contributed by atoms with Gasteiger partial charge in [-0.05, 0) is 30.9 Å². The van der Waals surface area contributed by atoms with Crippen LogP contribution in [-0.4, -0.2) is 35.4 Å². The largest absolute Gasteiger partial charge is 0.465 e. The summed E-state index contributed by atoms with van der Waals surface area (Å²) in [6.45, 7) is 1.73. The summed E-state index contributed by atoms with van der Waals surface area (Å²) in [6, 6.07) is 3.64. The second-order valence-corrected chi connectivity index (χ2v) is 4.92. The van der Waals surface area contributed by atoms with Crippen molar-refractivity contribution in [2.75, 3.05) is 19.3 Å². The SMILES string of the molecule is CS[C@@H]1CCN(C(=O)/C=C/c2ccco2)C1. The molecule has 1 fully saturated rings. The molecule has 86 valence electrons. The summed E-state index contributed by atoms with van der Waals surface area (Å²) in [7, 11) is 0. The van der Waals surface area contributed by atoms with Crippen molar-refractivity contribution in [2.45, 2.75) is 11.7 Å². The van der Waals surface area contributed by atoms with E-state index in [9.17, 15) is 4.79 Å². The van der Waals surface area contributed by atoms with Gasteiger partial charge in [0, 0.05) is 24.4 Å². The van der Waals surface area contributed by atoms with Crippen LogP contribution in [0, 0.1) is 0 Å². The second-order valence-electron chi connectivity index (χ2n) is 3.78. The number of hydrogen-bond donors (Lipinski definition) is 0. The first kappa shape index (κ1) is 11.3. The maximum Gasteiger partial charge on any atom is 0.246 e. The molecule has 4 heteroatoms. The molecule has 0 bridgehead atoms. The lowest BCUT2D eigenvalue weighted by Gasteiger charge is -2.13. The quantitative estimate of drug-likeness (QED) is 0.756. The van der Waals surface area contributed by atoms with Gasteiger partial charge in [-0.1, -0.05) is 0 Å². The van der Waals surface area contributed by atoms with E-state index in [4.69, 9.17) is 4.42 Å². The fourth-order valence-corrected chi connectivity index (χ4v) is 2.44. The number of amides is 1. The van der Waals surface area contributed by atoms with Crippen molar-refractivity contribution in [3.63, 3.8) is 0 Å². The lowest BCUT2D eigenvalue weighted by Crippen LogP contribution is -2.27. The molecule has 3 nitrogen and oxygen atoms in total. The van der Waals surface area contributed by atoms with Crippen molar-refractivity contribution in [1.29, 1.82) is 0 Å². The van der Waals surface area contributed by atoms with Gasteiger partial charge < -0.3 is 9.32 Å². The van der Waals surface area contributed by atoms with Crippen LogP contribution in [-0.2, 0) is 4.79 Å². The van der Waals surface area contributed by atoms with Gasteiger partial charge in [-0.25, -0.2) is 0 Å². The van der Waals surface area contributed by atoms with Crippen molar-refractivity contribution in [3.8, 4) is 0 Å². The van der Waals surface area contributed by atoms with E-state index < -0.39 is 0 Å². The molecular formula is C12H15NO2S. The van der Waals surface area contributed by atoms with E-state index in [0.29, 0.717) is 11.0 Å². The van der Waals surface area contributed by atoms with E-state index in [2.05, 4.69) is 6.26 Å². The molecule has 1 atom stereocenters. The molecule has 0 unspecified atom stereocenters. The zero-order valence-electron chi connectivity index (χ0n) is 9.26. The molecule has 1 amide bonds. The van der Waals surface area contributed by atoms with Crippen LogP contribution in [0.25, 0.3) is 6.08 Å². The van der Waals surface area contributed by atoms with E-state index in [1.165, 1.54) is 0 Å². The van der Waals surface area contributed by atoms with Crippen LogP contribution in [0.15, 0.2) is 28.9 Å². The number of rotatable bonds is 3. The molecular weight excluding hydrogens is 222 g/mol. The Hall–Kier alpha value is -1.16. The van der Waals surface area contributed by atoms with Crippen LogP contribution < -0.4 is 0 Å². The highest BCUT2D eigenvalue weighted by molar-refractivity contribution is 7.99. The Bertz CT molecular complexity index is 372. The number of hydrogen-bond acceptors (Lipinski definition) is 3. The first-order valence-electron chi connectivity index (χ1n) is 5.33. The minimum absolute atomic E-state index is 0.0768. The van der Waals surface area contributed by atoms with Crippen LogP contribution in [0.1, 0.15) is 12.2 Å². The standard InChI is InChI=1S/C12H15NO2S/c1-16-11-6-7-13(9-11)12(14)5-4-10-3-2-8-15-10/h2-5,8,11H,6-7,9H2,1H3/b5-4+/t11-/m1/s1. The number of furan rings is 1. The zero-order valence-corrected chi connectivity index (χ0v) is 10.1. The third-order valence-electron chi connectivity index (χ3n) is 2.72. The molecule has 0 aliphatic carbocycles. The first-order chi connectivity index (χ1) is 7.79.